The van der Waals surface area contributed by atoms with Crippen LogP contribution in [0.4, 0.5) is 0 Å². The number of rotatable bonds is 4. The van der Waals surface area contributed by atoms with E-state index in [1.165, 1.54) is 10.4 Å². The number of piperidine rings is 1. The summed E-state index contributed by atoms with van der Waals surface area (Å²) in [6, 6.07) is 4.59. The van der Waals surface area contributed by atoms with Gasteiger partial charge >= 0.3 is 0 Å². The Morgan fingerprint density at radius 2 is 1.89 bits per heavy atom. The SMILES string of the molecule is Cc1n[nH]c(C)c1S(=O)(=O)N1CCC(NC(=O)c2ccc(Cl)c(Cl)c2)CC1. The van der Waals surface area contributed by atoms with E-state index in [0.29, 0.717) is 52.9 Å². The molecule has 146 valence electrons. The first-order chi connectivity index (χ1) is 12.7. The number of nitrogens with zero attached hydrogens (tertiary/aromatic N) is 2. The number of H-pyrrole nitrogens is 1. The zero-order chi connectivity index (χ0) is 19.8. The third-order valence-electron chi connectivity index (χ3n) is 4.63. The third-order valence-corrected chi connectivity index (χ3v) is 7.53. The second-order valence-electron chi connectivity index (χ2n) is 6.54. The summed E-state index contributed by atoms with van der Waals surface area (Å²) < 4.78 is 27.2. The van der Waals surface area contributed by atoms with Gasteiger partial charge in [0.2, 0.25) is 10.0 Å². The quantitative estimate of drug-likeness (QED) is 0.778. The standard InChI is InChI=1S/C17H20Cl2N4O3S/c1-10-16(11(2)22-21-10)27(25,26)23-7-5-13(6-8-23)20-17(24)12-3-4-14(18)15(19)9-12/h3-4,9,13H,5-8H2,1-2H3,(H,20,24)(H,21,22). The Labute approximate surface area is 168 Å². The Morgan fingerprint density at radius 3 is 2.44 bits per heavy atom. The van der Waals surface area contributed by atoms with Gasteiger partial charge in [0.25, 0.3) is 5.91 Å². The number of carbonyl (C=O) groups excluding carboxylic acids is 1. The lowest BCUT2D eigenvalue weighted by molar-refractivity contribution is 0.0924. The van der Waals surface area contributed by atoms with Crippen molar-refractivity contribution < 1.29 is 13.2 Å². The number of carbonyl (C=O) groups is 1. The van der Waals surface area contributed by atoms with Crippen LogP contribution in [0, 0.1) is 13.8 Å². The monoisotopic (exact) mass is 430 g/mol. The predicted molar refractivity (Wildman–Crippen MR) is 104 cm³/mol. The van der Waals surface area contributed by atoms with Crippen molar-refractivity contribution in [2.24, 2.45) is 0 Å². The first kappa shape index (κ1) is 20.1. The minimum atomic E-state index is -3.60. The van der Waals surface area contributed by atoms with Crippen molar-refractivity contribution in [3.8, 4) is 0 Å². The Kier molecular flexibility index (Phi) is 5.81. The molecule has 27 heavy (non-hydrogen) atoms. The van der Waals surface area contributed by atoms with Crippen molar-refractivity contribution in [1.29, 1.82) is 0 Å². The molecule has 3 rings (SSSR count). The highest BCUT2D eigenvalue weighted by molar-refractivity contribution is 7.89. The molecule has 7 nitrogen and oxygen atoms in total. The van der Waals surface area contributed by atoms with Gasteiger partial charge in [0.15, 0.2) is 0 Å². The molecule has 0 aliphatic carbocycles. The maximum Gasteiger partial charge on any atom is 0.251 e. The Balaban J connectivity index is 1.63. The molecule has 1 fully saturated rings. The van der Waals surface area contributed by atoms with Gasteiger partial charge in [-0.2, -0.15) is 9.40 Å². The van der Waals surface area contributed by atoms with Gasteiger partial charge in [-0.05, 0) is 44.9 Å². The van der Waals surface area contributed by atoms with E-state index >= 15 is 0 Å². The summed E-state index contributed by atoms with van der Waals surface area (Å²) in [5, 5.41) is 10.3. The maximum absolute atomic E-state index is 12.9. The van der Waals surface area contributed by atoms with Gasteiger partial charge in [-0.15, -0.1) is 0 Å². The topological polar surface area (TPSA) is 95.2 Å². The normalized spacial score (nSPS) is 16.4. The van der Waals surface area contributed by atoms with Crippen LogP contribution in [0.25, 0.3) is 0 Å². The van der Waals surface area contributed by atoms with Gasteiger partial charge in [0.1, 0.15) is 4.90 Å². The van der Waals surface area contributed by atoms with Gasteiger partial charge in [0, 0.05) is 24.7 Å². The molecule has 1 aliphatic rings. The highest BCUT2D eigenvalue weighted by Gasteiger charge is 2.33. The first-order valence-electron chi connectivity index (χ1n) is 8.47. The molecule has 1 aromatic carbocycles. The highest BCUT2D eigenvalue weighted by Crippen LogP contribution is 2.25. The van der Waals surface area contributed by atoms with Crippen LogP contribution >= 0.6 is 23.2 Å². The number of aromatic amines is 1. The van der Waals surface area contributed by atoms with Crippen molar-refractivity contribution >= 4 is 39.1 Å². The molecule has 1 aromatic heterocycles. The third kappa shape index (κ3) is 4.13. The molecule has 2 aromatic rings. The lowest BCUT2D eigenvalue weighted by Gasteiger charge is -2.31. The number of halogens is 2. The zero-order valence-electron chi connectivity index (χ0n) is 14.9. The lowest BCUT2D eigenvalue weighted by atomic mass is 10.1. The van der Waals surface area contributed by atoms with Crippen LogP contribution in [0.3, 0.4) is 0 Å². The molecule has 0 bridgehead atoms. The van der Waals surface area contributed by atoms with E-state index in [9.17, 15) is 13.2 Å². The Hall–Kier alpha value is -1.61. The lowest BCUT2D eigenvalue weighted by Crippen LogP contribution is -2.46. The van der Waals surface area contributed by atoms with Crippen LogP contribution in [0.15, 0.2) is 23.1 Å². The van der Waals surface area contributed by atoms with Gasteiger partial charge in [-0.1, -0.05) is 23.2 Å². The molecule has 1 aliphatic heterocycles. The summed E-state index contributed by atoms with van der Waals surface area (Å²) in [5.41, 5.74) is 1.41. The zero-order valence-corrected chi connectivity index (χ0v) is 17.2. The molecule has 10 heteroatoms. The molecule has 0 radical (unpaired) electrons. The molecule has 1 amide bonds. The summed E-state index contributed by atoms with van der Waals surface area (Å²) in [5.74, 6) is -0.253. The number of nitrogens with one attached hydrogen (secondary N) is 2. The van der Waals surface area contributed by atoms with E-state index in [1.807, 2.05) is 0 Å². The van der Waals surface area contributed by atoms with E-state index in [4.69, 9.17) is 23.2 Å². The maximum atomic E-state index is 12.9. The van der Waals surface area contributed by atoms with Crippen LogP contribution < -0.4 is 5.32 Å². The summed E-state index contributed by atoms with van der Waals surface area (Å²) in [7, 11) is -3.60. The number of benzene rings is 1. The molecular weight excluding hydrogens is 411 g/mol. The smallest absolute Gasteiger partial charge is 0.251 e. The number of sulfonamides is 1. The molecule has 0 saturated carbocycles. The van der Waals surface area contributed by atoms with E-state index in [2.05, 4.69) is 15.5 Å². The minimum Gasteiger partial charge on any atom is -0.349 e. The first-order valence-corrected chi connectivity index (χ1v) is 10.7. The van der Waals surface area contributed by atoms with Gasteiger partial charge in [-0.25, -0.2) is 8.42 Å². The Morgan fingerprint density at radius 1 is 1.22 bits per heavy atom. The number of aryl methyl sites for hydroxylation is 2. The molecule has 2 heterocycles. The van der Waals surface area contributed by atoms with Crippen molar-refractivity contribution in [1.82, 2.24) is 19.8 Å². The Bertz CT molecular complexity index is 947. The second kappa shape index (κ2) is 7.79. The summed E-state index contributed by atoms with van der Waals surface area (Å²) in [4.78, 5) is 12.6. The second-order valence-corrected chi connectivity index (χ2v) is 9.23. The van der Waals surface area contributed by atoms with Crippen molar-refractivity contribution in [2.75, 3.05) is 13.1 Å². The number of amides is 1. The van der Waals surface area contributed by atoms with Crippen molar-refractivity contribution in [3.05, 3.63) is 45.2 Å². The summed E-state index contributed by atoms with van der Waals surface area (Å²) >= 11 is 11.8. The molecule has 0 unspecified atom stereocenters. The van der Waals surface area contributed by atoms with Gasteiger partial charge < -0.3 is 5.32 Å². The van der Waals surface area contributed by atoms with E-state index < -0.39 is 10.0 Å². The van der Waals surface area contributed by atoms with Gasteiger partial charge in [0.05, 0.1) is 21.4 Å². The number of aromatic nitrogens is 2. The van der Waals surface area contributed by atoms with Crippen molar-refractivity contribution in [2.45, 2.75) is 37.6 Å². The summed E-state index contributed by atoms with van der Waals surface area (Å²) in [6.07, 6.45) is 1.06. The fourth-order valence-corrected chi connectivity index (χ4v) is 5.30. The van der Waals surface area contributed by atoms with Crippen LogP contribution in [0.1, 0.15) is 34.6 Å². The van der Waals surface area contributed by atoms with Crippen LogP contribution in [0.2, 0.25) is 10.0 Å². The van der Waals surface area contributed by atoms with Crippen LogP contribution in [-0.4, -0.2) is 48.0 Å². The van der Waals surface area contributed by atoms with Crippen molar-refractivity contribution in [3.63, 3.8) is 0 Å². The van der Waals surface area contributed by atoms with E-state index in [1.54, 1.807) is 26.0 Å². The van der Waals surface area contributed by atoms with Crippen LogP contribution in [-0.2, 0) is 10.0 Å². The molecule has 0 atom stereocenters. The number of hydrogen-bond acceptors (Lipinski definition) is 4. The van der Waals surface area contributed by atoms with E-state index in [-0.39, 0.29) is 16.8 Å². The highest BCUT2D eigenvalue weighted by atomic mass is 35.5. The largest absolute Gasteiger partial charge is 0.349 e. The number of hydrogen-bond donors (Lipinski definition) is 2. The fourth-order valence-electron chi connectivity index (χ4n) is 3.20. The molecule has 1 saturated heterocycles. The average molecular weight is 431 g/mol. The average Bonchev–Trinajstić information content (AvgIpc) is 2.97. The molecule has 2 N–H and O–H groups in total. The van der Waals surface area contributed by atoms with E-state index in [0.717, 1.165) is 0 Å². The van der Waals surface area contributed by atoms with Gasteiger partial charge in [-0.3, -0.25) is 9.89 Å². The molecule has 0 spiro atoms. The van der Waals surface area contributed by atoms with Crippen LogP contribution in [0.5, 0.6) is 0 Å². The summed E-state index contributed by atoms with van der Waals surface area (Å²) in [6.45, 7) is 4.02. The predicted octanol–water partition coefficient (Wildman–Crippen LogP) is 2.92. The fraction of sp³-hybridized carbons (Fsp3) is 0.412. The molecular formula is C17H20Cl2N4O3S. The minimum absolute atomic E-state index is 0.107.